The van der Waals surface area contributed by atoms with Crippen LogP contribution < -0.4 is 5.32 Å². The van der Waals surface area contributed by atoms with Crippen molar-refractivity contribution in [2.75, 3.05) is 18.5 Å². The van der Waals surface area contributed by atoms with Crippen molar-refractivity contribution in [2.24, 2.45) is 5.41 Å². The number of hydrogen-bond acceptors (Lipinski definition) is 3. The quantitative estimate of drug-likeness (QED) is 0.898. The van der Waals surface area contributed by atoms with Crippen molar-refractivity contribution in [3.05, 3.63) is 22.3 Å². The number of nitrogens with one attached hydrogen (secondary N) is 1. The van der Waals surface area contributed by atoms with E-state index in [1.54, 1.807) is 0 Å². The predicted molar refractivity (Wildman–Crippen MR) is 73.2 cm³/mol. The summed E-state index contributed by atoms with van der Waals surface area (Å²) in [5.74, 6) is 0.879. The van der Waals surface area contributed by atoms with Crippen LogP contribution >= 0.6 is 15.9 Å². The first kappa shape index (κ1) is 12.8. The van der Waals surface area contributed by atoms with Crippen LogP contribution in [0.3, 0.4) is 0 Å². The van der Waals surface area contributed by atoms with Crippen LogP contribution in [-0.2, 0) is 0 Å². The minimum atomic E-state index is 0.0604. The molecule has 4 heteroatoms. The molecule has 1 saturated carbocycles. The lowest BCUT2D eigenvalue weighted by atomic mass is 9.87. The van der Waals surface area contributed by atoms with Gasteiger partial charge in [0.05, 0.1) is 11.1 Å². The highest BCUT2D eigenvalue weighted by Crippen LogP contribution is 2.38. The standard InChI is InChI=1S/C13H19BrN2O/c1-10-4-7-15-12(11(10)14)16-8-13(9-17)5-2-3-6-13/h4,7,17H,2-3,5-6,8-9H2,1H3,(H,15,16). The van der Waals surface area contributed by atoms with Gasteiger partial charge in [-0.25, -0.2) is 4.98 Å². The Morgan fingerprint density at radius 3 is 2.82 bits per heavy atom. The molecule has 1 aliphatic rings. The minimum absolute atomic E-state index is 0.0604. The Kier molecular flexibility index (Phi) is 4.05. The number of nitrogens with zero attached hydrogens (tertiary/aromatic N) is 1. The molecule has 1 aliphatic carbocycles. The number of pyridine rings is 1. The summed E-state index contributed by atoms with van der Waals surface area (Å²) in [5.41, 5.74) is 1.23. The number of aryl methyl sites for hydroxylation is 1. The van der Waals surface area contributed by atoms with Crippen LogP contribution in [0.15, 0.2) is 16.7 Å². The van der Waals surface area contributed by atoms with Gasteiger partial charge in [0, 0.05) is 18.2 Å². The molecule has 0 unspecified atom stereocenters. The van der Waals surface area contributed by atoms with Crippen molar-refractivity contribution in [1.29, 1.82) is 0 Å². The Bertz CT molecular complexity index is 389. The first-order valence-corrected chi connectivity index (χ1v) is 6.92. The normalized spacial score (nSPS) is 18.3. The van der Waals surface area contributed by atoms with Gasteiger partial charge in [-0.15, -0.1) is 0 Å². The molecule has 0 aromatic carbocycles. The highest BCUT2D eigenvalue weighted by atomic mass is 79.9. The molecule has 1 aromatic heterocycles. The number of hydrogen-bond donors (Lipinski definition) is 2. The summed E-state index contributed by atoms with van der Waals surface area (Å²) in [6, 6.07) is 1.98. The van der Waals surface area contributed by atoms with Gasteiger partial charge in [-0.1, -0.05) is 12.8 Å². The average molecular weight is 299 g/mol. The Morgan fingerprint density at radius 1 is 1.47 bits per heavy atom. The fourth-order valence-corrected chi connectivity index (χ4v) is 2.83. The first-order valence-electron chi connectivity index (χ1n) is 6.13. The molecule has 2 rings (SSSR count). The molecule has 1 heterocycles. The van der Waals surface area contributed by atoms with Crippen LogP contribution in [0.2, 0.25) is 0 Å². The van der Waals surface area contributed by atoms with Crippen LogP contribution in [0, 0.1) is 12.3 Å². The van der Waals surface area contributed by atoms with E-state index < -0.39 is 0 Å². The lowest BCUT2D eigenvalue weighted by Crippen LogP contribution is -2.30. The second-order valence-corrected chi connectivity index (χ2v) is 5.80. The third kappa shape index (κ3) is 2.80. The van der Waals surface area contributed by atoms with Crippen LogP contribution in [0.1, 0.15) is 31.2 Å². The third-order valence-electron chi connectivity index (χ3n) is 3.71. The molecule has 3 nitrogen and oxygen atoms in total. The maximum absolute atomic E-state index is 9.55. The molecule has 1 aromatic rings. The second kappa shape index (κ2) is 5.36. The molecule has 0 radical (unpaired) electrons. The van der Waals surface area contributed by atoms with E-state index in [2.05, 4.69) is 26.2 Å². The molecule has 17 heavy (non-hydrogen) atoms. The molecule has 2 N–H and O–H groups in total. The largest absolute Gasteiger partial charge is 0.396 e. The SMILES string of the molecule is Cc1ccnc(NCC2(CO)CCCC2)c1Br. The summed E-state index contributed by atoms with van der Waals surface area (Å²) in [7, 11) is 0. The van der Waals surface area contributed by atoms with Gasteiger partial charge in [0.15, 0.2) is 0 Å². The molecule has 94 valence electrons. The predicted octanol–water partition coefficient (Wildman–Crippen LogP) is 3.12. The third-order valence-corrected chi connectivity index (χ3v) is 4.71. The van der Waals surface area contributed by atoms with E-state index in [4.69, 9.17) is 0 Å². The summed E-state index contributed by atoms with van der Waals surface area (Å²) in [4.78, 5) is 4.33. The van der Waals surface area contributed by atoms with Gasteiger partial charge in [0.2, 0.25) is 0 Å². The molecule has 0 bridgehead atoms. The van der Waals surface area contributed by atoms with Gasteiger partial charge >= 0.3 is 0 Å². The van der Waals surface area contributed by atoms with Crippen molar-refractivity contribution in [1.82, 2.24) is 4.98 Å². The summed E-state index contributed by atoms with van der Waals surface area (Å²) in [5, 5.41) is 12.9. The summed E-state index contributed by atoms with van der Waals surface area (Å²) < 4.78 is 1.02. The van der Waals surface area contributed by atoms with Crippen LogP contribution in [0.5, 0.6) is 0 Å². The maximum Gasteiger partial charge on any atom is 0.140 e. The fraction of sp³-hybridized carbons (Fsp3) is 0.615. The van der Waals surface area contributed by atoms with Gasteiger partial charge in [0.25, 0.3) is 0 Å². The average Bonchev–Trinajstić information content (AvgIpc) is 2.81. The van der Waals surface area contributed by atoms with E-state index in [1.807, 2.05) is 19.2 Å². The summed E-state index contributed by atoms with van der Waals surface area (Å²) in [6.07, 6.45) is 6.48. The molecule has 1 fully saturated rings. The van der Waals surface area contributed by atoms with Gasteiger partial charge in [-0.2, -0.15) is 0 Å². The van der Waals surface area contributed by atoms with E-state index >= 15 is 0 Å². The van der Waals surface area contributed by atoms with Crippen LogP contribution in [-0.4, -0.2) is 23.2 Å². The molecule has 0 saturated heterocycles. The molecular weight excluding hydrogens is 280 g/mol. The smallest absolute Gasteiger partial charge is 0.140 e. The Morgan fingerprint density at radius 2 is 2.18 bits per heavy atom. The molecule has 0 aliphatic heterocycles. The van der Waals surface area contributed by atoms with E-state index in [0.717, 1.165) is 29.7 Å². The zero-order valence-electron chi connectivity index (χ0n) is 10.2. The Balaban J connectivity index is 2.04. The zero-order chi connectivity index (χ0) is 12.3. The molecule has 0 atom stereocenters. The van der Waals surface area contributed by atoms with Crippen LogP contribution in [0.4, 0.5) is 5.82 Å². The molecule has 0 spiro atoms. The van der Waals surface area contributed by atoms with Gasteiger partial charge < -0.3 is 10.4 Å². The number of halogens is 1. The second-order valence-electron chi connectivity index (χ2n) is 5.01. The summed E-state index contributed by atoms with van der Waals surface area (Å²) >= 11 is 3.54. The zero-order valence-corrected chi connectivity index (χ0v) is 11.8. The fourth-order valence-electron chi connectivity index (χ4n) is 2.45. The van der Waals surface area contributed by atoms with Crippen molar-refractivity contribution in [2.45, 2.75) is 32.6 Å². The van der Waals surface area contributed by atoms with Crippen molar-refractivity contribution in [3.8, 4) is 0 Å². The van der Waals surface area contributed by atoms with E-state index in [9.17, 15) is 5.11 Å². The van der Waals surface area contributed by atoms with E-state index in [-0.39, 0.29) is 12.0 Å². The number of rotatable bonds is 4. The number of aliphatic hydroxyl groups is 1. The number of aliphatic hydroxyl groups excluding tert-OH is 1. The minimum Gasteiger partial charge on any atom is -0.396 e. The maximum atomic E-state index is 9.55. The molecular formula is C13H19BrN2O. The van der Waals surface area contributed by atoms with Crippen LogP contribution in [0.25, 0.3) is 0 Å². The highest BCUT2D eigenvalue weighted by molar-refractivity contribution is 9.10. The van der Waals surface area contributed by atoms with Crippen molar-refractivity contribution >= 4 is 21.7 Å². The number of aromatic nitrogens is 1. The number of anilines is 1. The van der Waals surface area contributed by atoms with E-state index in [0.29, 0.717) is 0 Å². The highest BCUT2D eigenvalue weighted by Gasteiger charge is 2.33. The topological polar surface area (TPSA) is 45.2 Å². The van der Waals surface area contributed by atoms with Gasteiger partial charge in [-0.3, -0.25) is 0 Å². The lowest BCUT2D eigenvalue weighted by molar-refractivity contribution is 0.142. The monoisotopic (exact) mass is 298 g/mol. The first-order chi connectivity index (χ1) is 8.17. The Labute approximate surface area is 111 Å². The van der Waals surface area contributed by atoms with Gasteiger partial charge in [0.1, 0.15) is 5.82 Å². The van der Waals surface area contributed by atoms with E-state index in [1.165, 1.54) is 18.4 Å². The molecule has 0 amide bonds. The van der Waals surface area contributed by atoms with Gasteiger partial charge in [-0.05, 0) is 47.3 Å². The van der Waals surface area contributed by atoms with Crippen molar-refractivity contribution in [3.63, 3.8) is 0 Å². The summed E-state index contributed by atoms with van der Waals surface area (Å²) in [6.45, 7) is 3.12. The van der Waals surface area contributed by atoms with Crippen molar-refractivity contribution < 1.29 is 5.11 Å². The lowest BCUT2D eigenvalue weighted by Gasteiger charge is -2.27. The Hall–Kier alpha value is -0.610.